The van der Waals surface area contributed by atoms with Crippen molar-refractivity contribution in [2.24, 2.45) is 35.0 Å². The van der Waals surface area contributed by atoms with Gasteiger partial charge in [0.1, 0.15) is 0 Å². The maximum Gasteiger partial charge on any atom is -0.00649 e. The van der Waals surface area contributed by atoms with Gasteiger partial charge in [0, 0.05) is 0 Å². The monoisotopic (exact) mass is 236 g/mol. The van der Waals surface area contributed by atoms with E-state index in [9.17, 15) is 0 Å². The highest BCUT2D eigenvalue weighted by Gasteiger charge is 2.47. The fourth-order valence-corrected chi connectivity index (χ4v) is 4.34. The predicted octanol–water partition coefficient (Wildman–Crippen LogP) is 5.54. The number of hydrogen-bond acceptors (Lipinski definition) is 0. The van der Waals surface area contributed by atoms with Gasteiger partial charge in [-0.2, -0.15) is 0 Å². The molecule has 0 heterocycles. The molecule has 1 aliphatic carbocycles. The second kappa shape index (κ2) is 4.78. The summed E-state index contributed by atoms with van der Waals surface area (Å²) >= 11 is 0. The SMILES string of the molecule is CC1=C(C)C(C)(C(C)C)C(C)C(C(C)C)C1C. The summed E-state index contributed by atoms with van der Waals surface area (Å²) in [6, 6.07) is 0. The van der Waals surface area contributed by atoms with Crippen molar-refractivity contribution in [3.63, 3.8) is 0 Å². The molecule has 0 radical (unpaired) electrons. The van der Waals surface area contributed by atoms with Gasteiger partial charge in [-0.1, -0.05) is 59.6 Å². The van der Waals surface area contributed by atoms with Gasteiger partial charge in [0.25, 0.3) is 0 Å². The average Bonchev–Trinajstić information content (AvgIpc) is 2.23. The van der Waals surface area contributed by atoms with E-state index in [1.165, 1.54) is 0 Å². The standard InChI is InChI=1S/C17H32/c1-10(2)16-13(6)12(5)14(7)17(9,11(3)4)15(16)8/h10-11,13,15-16H,1-9H3. The molecule has 0 aliphatic heterocycles. The van der Waals surface area contributed by atoms with Gasteiger partial charge in [-0.05, 0) is 48.9 Å². The predicted molar refractivity (Wildman–Crippen MR) is 78.0 cm³/mol. The maximum absolute atomic E-state index is 2.49. The Kier molecular flexibility index (Phi) is 4.16. The Morgan fingerprint density at radius 3 is 1.82 bits per heavy atom. The van der Waals surface area contributed by atoms with Crippen molar-refractivity contribution in [2.45, 2.75) is 62.3 Å². The lowest BCUT2D eigenvalue weighted by Crippen LogP contribution is -2.45. The fraction of sp³-hybridized carbons (Fsp3) is 0.882. The first-order valence-electron chi connectivity index (χ1n) is 7.33. The van der Waals surface area contributed by atoms with Gasteiger partial charge in [0.15, 0.2) is 0 Å². The molecule has 0 saturated carbocycles. The van der Waals surface area contributed by atoms with E-state index in [1.807, 2.05) is 0 Å². The van der Waals surface area contributed by atoms with Crippen LogP contribution in [0.15, 0.2) is 11.1 Å². The summed E-state index contributed by atoms with van der Waals surface area (Å²) in [6.45, 7) is 21.7. The topological polar surface area (TPSA) is 0 Å². The minimum atomic E-state index is 0.380. The Labute approximate surface area is 109 Å². The molecule has 0 fully saturated rings. The van der Waals surface area contributed by atoms with Crippen molar-refractivity contribution in [1.82, 2.24) is 0 Å². The third-order valence-corrected chi connectivity index (χ3v) is 6.15. The van der Waals surface area contributed by atoms with Crippen molar-refractivity contribution < 1.29 is 0 Å². The van der Waals surface area contributed by atoms with Crippen LogP contribution in [0.1, 0.15) is 62.3 Å². The third kappa shape index (κ3) is 2.09. The van der Waals surface area contributed by atoms with Crippen LogP contribution >= 0.6 is 0 Å². The molecule has 0 heteroatoms. The van der Waals surface area contributed by atoms with Crippen molar-refractivity contribution in [1.29, 1.82) is 0 Å². The van der Waals surface area contributed by atoms with E-state index in [2.05, 4.69) is 62.3 Å². The van der Waals surface area contributed by atoms with Crippen LogP contribution in [0.3, 0.4) is 0 Å². The molecule has 17 heavy (non-hydrogen) atoms. The summed E-state index contributed by atoms with van der Waals surface area (Å²) < 4.78 is 0. The molecule has 4 unspecified atom stereocenters. The maximum atomic E-state index is 2.49. The lowest BCUT2D eigenvalue weighted by molar-refractivity contribution is 0.0489. The Morgan fingerprint density at radius 2 is 1.47 bits per heavy atom. The second-order valence-electron chi connectivity index (χ2n) is 7.14. The van der Waals surface area contributed by atoms with Crippen LogP contribution in [0.2, 0.25) is 0 Å². The molecule has 0 aromatic carbocycles. The van der Waals surface area contributed by atoms with Gasteiger partial charge in [0.2, 0.25) is 0 Å². The molecule has 4 atom stereocenters. The number of hydrogen-bond donors (Lipinski definition) is 0. The molecule has 0 amide bonds. The zero-order valence-electron chi connectivity index (χ0n) is 13.4. The normalized spacial score (nSPS) is 39.4. The smallest absolute Gasteiger partial charge is 0.00649 e. The van der Waals surface area contributed by atoms with E-state index in [1.54, 1.807) is 11.1 Å². The minimum absolute atomic E-state index is 0.380. The molecule has 0 aromatic rings. The van der Waals surface area contributed by atoms with E-state index in [0.717, 1.165) is 29.6 Å². The zero-order chi connectivity index (χ0) is 13.5. The summed E-state index contributed by atoms with van der Waals surface area (Å²) in [4.78, 5) is 0. The number of rotatable bonds is 2. The highest BCUT2D eigenvalue weighted by Crippen LogP contribution is 2.55. The number of allylic oxidation sites excluding steroid dienone is 2. The van der Waals surface area contributed by atoms with Crippen molar-refractivity contribution in [3.8, 4) is 0 Å². The first kappa shape index (κ1) is 14.8. The summed E-state index contributed by atoms with van der Waals surface area (Å²) in [5.74, 6) is 3.85. The van der Waals surface area contributed by atoms with E-state index < -0.39 is 0 Å². The highest BCUT2D eigenvalue weighted by molar-refractivity contribution is 5.27. The molecule has 1 rings (SSSR count). The van der Waals surface area contributed by atoms with Gasteiger partial charge in [0.05, 0.1) is 0 Å². The Morgan fingerprint density at radius 1 is 1.00 bits per heavy atom. The molecular weight excluding hydrogens is 204 g/mol. The van der Waals surface area contributed by atoms with E-state index in [0.29, 0.717) is 5.41 Å². The molecule has 0 spiro atoms. The Hall–Kier alpha value is -0.260. The molecule has 0 saturated heterocycles. The molecule has 100 valence electrons. The van der Waals surface area contributed by atoms with E-state index >= 15 is 0 Å². The van der Waals surface area contributed by atoms with Crippen LogP contribution in [-0.4, -0.2) is 0 Å². The summed E-state index contributed by atoms with van der Waals surface area (Å²) in [5, 5.41) is 0. The quantitative estimate of drug-likeness (QED) is 0.552. The molecule has 0 nitrogen and oxygen atoms in total. The van der Waals surface area contributed by atoms with Crippen molar-refractivity contribution >= 4 is 0 Å². The van der Waals surface area contributed by atoms with Gasteiger partial charge < -0.3 is 0 Å². The lowest BCUT2D eigenvalue weighted by Gasteiger charge is -2.53. The molecule has 0 bridgehead atoms. The van der Waals surface area contributed by atoms with Crippen LogP contribution in [-0.2, 0) is 0 Å². The largest absolute Gasteiger partial charge is 0.0707 e. The Balaban J connectivity index is 3.34. The first-order chi connectivity index (χ1) is 7.65. The van der Waals surface area contributed by atoms with Crippen LogP contribution in [0.5, 0.6) is 0 Å². The van der Waals surface area contributed by atoms with Gasteiger partial charge in [-0.15, -0.1) is 0 Å². The van der Waals surface area contributed by atoms with Gasteiger partial charge >= 0.3 is 0 Å². The molecule has 1 aliphatic rings. The van der Waals surface area contributed by atoms with Crippen molar-refractivity contribution in [2.75, 3.05) is 0 Å². The van der Waals surface area contributed by atoms with Crippen LogP contribution in [0.4, 0.5) is 0 Å². The van der Waals surface area contributed by atoms with Crippen LogP contribution < -0.4 is 0 Å². The lowest BCUT2D eigenvalue weighted by atomic mass is 9.52. The molecular formula is C17H32. The minimum Gasteiger partial charge on any atom is -0.0707 e. The van der Waals surface area contributed by atoms with Crippen LogP contribution in [0.25, 0.3) is 0 Å². The zero-order valence-corrected chi connectivity index (χ0v) is 13.4. The first-order valence-corrected chi connectivity index (χ1v) is 7.33. The second-order valence-corrected chi connectivity index (χ2v) is 7.14. The van der Waals surface area contributed by atoms with Crippen molar-refractivity contribution in [3.05, 3.63) is 11.1 Å². The van der Waals surface area contributed by atoms with E-state index in [-0.39, 0.29) is 0 Å². The summed E-state index contributed by atoms with van der Waals surface area (Å²) in [6.07, 6.45) is 0. The van der Waals surface area contributed by atoms with Gasteiger partial charge in [-0.3, -0.25) is 0 Å². The molecule has 0 N–H and O–H groups in total. The van der Waals surface area contributed by atoms with Gasteiger partial charge in [-0.25, -0.2) is 0 Å². The third-order valence-electron chi connectivity index (χ3n) is 6.15. The summed E-state index contributed by atoms with van der Waals surface area (Å²) in [5.41, 5.74) is 3.69. The van der Waals surface area contributed by atoms with Crippen LogP contribution in [0, 0.1) is 35.0 Å². The summed E-state index contributed by atoms with van der Waals surface area (Å²) in [7, 11) is 0. The highest BCUT2D eigenvalue weighted by atomic mass is 14.5. The average molecular weight is 236 g/mol. The Bertz CT molecular complexity index is 308. The molecule has 0 aromatic heterocycles. The van der Waals surface area contributed by atoms with E-state index in [4.69, 9.17) is 0 Å². The fourth-order valence-electron chi connectivity index (χ4n) is 4.34.